The van der Waals surface area contributed by atoms with E-state index >= 15 is 0 Å². The van der Waals surface area contributed by atoms with Gasteiger partial charge in [-0.15, -0.1) is 0 Å². The van der Waals surface area contributed by atoms with Crippen LogP contribution in [0.15, 0.2) is 30.3 Å². The van der Waals surface area contributed by atoms with Crippen molar-refractivity contribution in [3.8, 4) is 5.75 Å². The van der Waals surface area contributed by atoms with Crippen molar-refractivity contribution in [3.05, 3.63) is 35.9 Å². The molecule has 33 heavy (non-hydrogen) atoms. The van der Waals surface area contributed by atoms with Gasteiger partial charge in [0.25, 0.3) is 5.08 Å². The van der Waals surface area contributed by atoms with E-state index in [1.54, 1.807) is 37.3 Å². The van der Waals surface area contributed by atoms with E-state index in [-0.39, 0.29) is 17.9 Å². The number of benzene rings is 2. The zero-order valence-electron chi connectivity index (χ0n) is 19.1. The molecule has 0 atom stereocenters. The van der Waals surface area contributed by atoms with Gasteiger partial charge in [-0.3, -0.25) is 9.13 Å². The summed E-state index contributed by atoms with van der Waals surface area (Å²) in [4.78, 5) is 11.9. The molecular formula is C20H29NO10P2. The van der Waals surface area contributed by atoms with Crippen LogP contribution in [-0.4, -0.2) is 62.9 Å². The fourth-order valence-electron chi connectivity index (χ4n) is 3.51. The number of ether oxygens (including phenoxy) is 1. The molecule has 0 unspecified atom stereocenters. The van der Waals surface area contributed by atoms with Gasteiger partial charge >= 0.3 is 21.2 Å². The van der Waals surface area contributed by atoms with E-state index in [1.165, 1.54) is 0 Å². The van der Waals surface area contributed by atoms with Gasteiger partial charge in [0, 0.05) is 57.9 Å². The Kier molecular flexibility index (Phi) is 9.07. The van der Waals surface area contributed by atoms with Crippen molar-refractivity contribution >= 4 is 37.6 Å². The molecule has 0 saturated carbocycles. The van der Waals surface area contributed by atoms with Crippen LogP contribution in [0.1, 0.15) is 23.7 Å². The van der Waals surface area contributed by atoms with Gasteiger partial charge in [-0.05, 0) is 25.1 Å². The third kappa shape index (κ3) is 4.95. The number of carbonyl (C=O) groups is 1. The smallest absolute Gasteiger partial charge is 0.374 e. The molecule has 0 radical (unpaired) electrons. The first-order valence-electron chi connectivity index (χ1n) is 9.89. The molecule has 13 heteroatoms. The maximum atomic E-state index is 13.1. The molecule has 0 heterocycles. The van der Waals surface area contributed by atoms with Crippen LogP contribution in [0.3, 0.4) is 0 Å². The summed E-state index contributed by atoms with van der Waals surface area (Å²) in [6, 6.07) is 8.27. The predicted molar refractivity (Wildman–Crippen MR) is 123 cm³/mol. The van der Waals surface area contributed by atoms with Crippen LogP contribution in [-0.2, 0) is 27.2 Å². The van der Waals surface area contributed by atoms with Crippen LogP contribution in [0.4, 0.5) is 5.69 Å². The first kappa shape index (κ1) is 27.3. The highest BCUT2D eigenvalue weighted by Crippen LogP contribution is 2.76. The molecule has 184 valence electrons. The lowest BCUT2D eigenvalue weighted by molar-refractivity contribution is 0.0694. The van der Waals surface area contributed by atoms with Gasteiger partial charge in [0.15, 0.2) is 0 Å². The second kappa shape index (κ2) is 11.0. The molecule has 0 aliphatic rings. The van der Waals surface area contributed by atoms with Crippen molar-refractivity contribution in [1.82, 2.24) is 0 Å². The minimum absolute atomic E-state index is 0.0149. The minimum Gasteiger partial charge on any atom is -0.493 e. The quantitative estimate of drug-likeness (QED) is 0.333. The van der Waals surface area contributed by atoms with Gasteiger partial charge in [-0.1, -0.05) is 12.1 Å². The van der Waals surface area contributed by atoms with Gasteiger partial charge in [-0.2, -0.15) is 0 Å². The van der Waals surface area contributed by atoms with Crippen molar-refractivity contribution in [3.63, 3.8) is 0 Å². The van der Waals surface area contributed by atoms with E-state index < -0.39 is 32.7 Å². The molecule has 11 nitrogen and oxygen atoms in total. The first-order valence-corrected chi connectivity index (χ1v) is 13.0. The number of rotatable bonds is 13. The van der Waals surface area contributed by atoms with Gasteiger partial charge < -0.3 is 38.4 Å². The number of aromatic carboxylic acids is 1. The molecule has 0 aromatic heterocycles. The fraction of sp³-hybridized carbons (Fsp3) is 0.450. The number of aliphatic hydroxyl groups is 1. The van der Waals surface area contributed by atoms with Crippen molar-refractivity contribution in [2.75, 3.05) is 46.9 Å². The van der Waals surface area contributed by atoms with Crippen molar-refractivity contribution < 1.29 is 47.0 Å². The molecule has 0 aliphatic heterocycles. The highest BCUT2D eigenvalue weighted by Gasteiger charge is 2.63. The van der Waals surface area contributed by atoms with Crippen molar-refractivity contribution in [2.24, 2.45) is 0 Å². The zero-order chi connectivity index (χ0) is 24.9. The van der Waals surface area contributed by atoms with Crippen LogP contribution < -0.4 is 10.1 Å². The van der Waals surface area contributed by atoms with Gasteiger partial charge in [0.1, 0.15) is 11.3 Å². The van der Waals surface area contributed by atoms with E-state index in [4.69, 9.17) is 22.8 Å². The molecule has 0 bridgehead atoms. The molecule has 2 aromatic rings. The van der Waals surface area contributed by atoms with Gasteiger partial charge in [0.2, 0.25) is 0 Å². The van der Waals surface area contributed by atoms with Crippen molar-refractivity contribution in [1.29, 1.82) is 0 Å². The Balaban J connectivity index is 2.45. The number of hydrogen-bond donors (Lipinski definition) is 3. The summed E-state index contributed by atoms with van der Waals surface area (Å²) in [5, 5.41) is 22.3. The summed E-state index contributed by atoms with van der Waals surface area (Å²) < 4.78 is 51.2. The normalized spacial score (nSPS) is 12.7. The van der Waals surface area contributed by atoms with Crippen LogP contribution >= 0.6 is 15.2 Å². The molecule has 0 saturated heterocycles. The summed E-state index contributed by atoms with van der Waals surface area (Å²) >= 11 is 0. The summed E-state index contributed by atoms with van der Waals surface area (Å²) in [5.41, 5.74) is 0.538. The lowest BCUT2D eigenvalue weighted by atomic mass is 10.0. The Morgan fingerprint density at radius 1 is 0.970 bits per heavy atom. The van der Waals surface area contributed by atoms with Crippen LogP contribution in [0, 0.1) is 0 Å². The zero-order valence-corrected chi connectivity index (χ0v) is 20.9. The number of carboxylic acids is 1. The monoisotopic (exact) mass is 505 g/mol. The van der Waals surface area contributed by atoms with Crippen molar-refractivity contribution in [2.45, 2.75) is 18.4 Å². The largest absolute Gasteiger partial charge is 0.493 e. The molecule has 0 fully saturated rings. The van der Waals surface area contributed by atoms with Crippen LogP contribution in [0.2, 0.25) is 0 Å². The van der Waals surface area contributed by atoms with E-state index in [0.29, 0.717) is 23.1 Å². The van der Waals surface area contributed by atoms with Crippen LogP contribution in [0.25, 0.3) is 10.8 Å². The Morgan fingerprint density at radius 3 is 2.03 bits per heavy atom. The average molecular weight is 505 g/mol. The predicted octanol–water partition coefficient (Wildman–Crippen LogP) is 4.36. The fourth-order valence-corrected chi connectivity index (χ4v) is 7.93. The number of nitrogens with one attached hydrogen (secondary N) is 1. The van der Waals surface area contributed by atoms with Crippen LogP contribution in [0.5, 0.6) is 5.75 Å². The van der Waals surface area contributed by atoms with E-state index in [0.717, 1.165) is 28.4 Å². The summed E-state index contributed by atoms with van der Waals surface area (Å²) in [6.07, 6.45) is -0.413. The Morgan fingerprint density at radius 2 is 1.55 bits per heavy atom. The number of hydrogen-bond acceptors (Lipinski definition) is 10. The number of carboxylic acid groups (broad SMARTS) is 1. The molecular weight excluding hydrogens is 476 g/mol. The Labute approximate surface area is 192 Å². The van der Waals surface area contributed by atoms with E-state index in [9.17, 15) is 24.1 Å². The SMILES string of the molecule is CCOc1ccc2c(NCCC(O)(P(=O)(OC)OC)P(=O)(OC)OC)cccc2c1C(=O)O. The van der Waals surface area contributed by atoms with E-state index in [1.807, 2.05) is 0 Å². The Hall–Kier alpha value is -1.97. The second-order valence-electron chi connectivity index (χ2n) is 6.75. The summed E-state index contributed by atoms with van der Waals surface area (Å²) in [7, 11) is -4.52. The maximum Gasteiger partial charge on any atom is 0.374 e. The van der Waals surface area contributed by atoms with E-state index in [2.05, 4.69) is 5.32 Å². The molecule has 0 aliphatic carbocycles. The number of anilines is 1. The maximum absolute atomic E-state index is 13.1. The highest BCUT2D eigenvalue weighted by molar-refractivity contribution is 7.73. The molecule has 2 aromatic carbocycles. The topological polar surface area (TPSA) is 150 Å². The molecule has 0 spiro atoms. The first-order chi connectivity index (χ1) is 15.6. The molecule has 0 amide bonds. The van der Waals surface area contributed by atoms with Gasteiger partial charge in [0.05, 0.1) is 6.61 Å². The minimum atomic E-state index is -4.35. The standard InChI is InChI=1S/C20H29NO10P2/c1-6-31-17-11-10-14-15(18(17)19(22)23)8-7-9-16(14)21-13-12-20(24,32(25,27-2)28-3)33(26,29-4)30-5/h7-11,21,24H,6,12-13H2,1-5H3,(H,22,23). The number of fused-ring (bicyclic) bond motifs is 1. The third-order valence-corrected chi connectivity index (χ3v) is 10.7. The summed E-state index contributed by atoms with van der Waals surface area (Å²) in [6.45, 7) is 1.99. The average Bonchev–Trinajstić information content (AvgIpc) is 2.82. The summed E-state index contributed by atoms with van der Waals surface area (Å²) in [5.74, 6) is -0.899. The lowest BCUT2D eigenvalue weighted by Gasteiger charge is -2.36. The third-order valence-electron chi connectivity index (χ3n) is 5.15. The highest BCUT2D eigenvalue weighted by atomic mass is 31.2. The lowest BCUT2D eigenvalue weighted by Crippen LogP contribution is -2.33. The Bertz CT molecular complexity index is 1050. The van der Waals surface area contributed by atoms with Gasteiger partial charge in [-0.25, -0.2) is 4.79 Å². The molecule has 3 N–H and O–H groups in total. The molecule has 2 rings (SSSR count). The second-order valence-corrected chi connectivity index (χ2v) is 12.0.